The summed E-state index contributed by atoms with van der Waals surface area (Å²) < 4.78 is 34.3. The van der Waals surface area contributed by atoms with Gasteiger partial charge in [-0.05, 0) is 89.9 Å². The number of amides is 1. The molecular weight excluding hydrogens is 1120 g/mol. The minimum atomic E-state index is -1.99. The first-order chi connectivity index (χ1) is 42.3. The van der Waals surface area contributed by atoms with E-state index in [1.165, 1.54) is 70.6 Å². The van der Waals surface area contributed by atoms with Gasteiger partial charge in [0.1, 0.15) is 73.2 Å². The minimum absolute atomic E-state index is 0.222. The number of hydrogen-bond donors (Lipinski definition) is 12. The van der Waals surface area contributed by atoms with Crippen LogP contribution in [0.4, 0.5) is 0 Å². The van der Waals surface area contributed by atoms with Crippen LogP contribution in [0.5, 0.6) is 0 Å². The third-order valence-corrected chi connectivity index (χ3v) is 15.8. The molecule has 0 aromatic carbocycles. The SMILES string of the molecule is CC/C=C\C/C=C\C/C=C\C/C=C\C/C=C\CCCCCCCCCCCCCC(=O)NC(COC1OC(CO)C(OC2OC(CO)C(OC3OC(CO)C(O)C(O)C3O)C(O)C2O)C(O)C1O)C(O)/C=C/CC/C=C/CC/C=C/CCCCCCC. The van der Waals surface area contributed by atoms with Crippen molar-refractivity contribution in [1.29, 1.82) is 0 Å². The Bertz CT molecular complexity index is 1960. The van der Waals surface area contributed by atoms with Crippen LogP contribution in [0, 0.1) is 0 Å². The summed E-state index contributed by atoms with van der Waals surface area (Å²) >= 11 is 0. The summed E-state index contributed by atoms with van der Waals surface area (Å²) in [6.07, 6.45) is 36.7. The average molecular weight is 1230 g/mol. The third kappa shape index (κ3) is 32.0. The van der Waals surface area contributed by atoms with E-state index in [2.05, 4.69) is 104 Å². The predicted molar refractivity (Wildman–Crippen MR) is 337 cm³/mol. The van der Waals surface area contributed by atoms with Gasteiger partial charge >= 0.3 is 0 Å². The van der Waals surface area contributed by atoms with E-state index < -0.39 is 124 Å². The number of rotatable bonds is 48. The van der Waals surface area contributed by atoms with Gasteiger partial charge in [-0.1, -0.05) is 195 Å². The Morgan fingerprint density at radius 1 is 0.425 bits per heavy atom. The summed E-state index contributed by atoms with van der Waals surface area (Å²) in [5.41, 5.74) is 0. The van der Waals surface area contributed by atoms with Gasteiger partial charge in [-0.15, -0.1) is 0 Å². The molecule has 87 heavy (non-hydrogen) atoms. The van der Waals surface area contributed by atoms with Gasteiger partial charge in [0.05, 0.1) is 38.6 Å². The quantitative estimate of drug-likeness (QED) is 0.0205. The van der Waals surface area contributed by atoms with E-state index >= 15 is 0 Å². The van der Waals surface area contributed by atoms with Gasteiger partial charge in [-0.3, -0.25) is 4.79 Å². The predicted octanol–water partition coefficient (Wildman–Crippen LogP) is 7.71. The maximum Gasteiger partial charge on any atom is 0.220 e. The van der Waals surface area contributed by atoms with Gasteiger partial charge in [-0.25, -0.2) is 0 Å². The molecule has 17 unspecified atom stereocenters. The molecule has 0 saturated carbocycles. The number of allylic oxidation sites excluding steroid dienone is 15. The Morgan fingerprint density at radius 3 is 1.29 bits per heavy atom. The number of nitrogens with one attached hydrogen (secondary N) is 1. The molecule has 0 aromatic rings. The lowest BCUT2D eigenvalue weighted by Gasteiger charge is -2.48. The number of aliphatic hydroxyl groups is 11. The van der Waals surface area contributed by atoms with E-state index in [0.717, 1.165) is 89.9 Å². The fourth-order valence-corrected chi connectivity index (χ4v) is 10.5. The molecule has 3 saturated heterocycles. The number of ether oxygens (including phenoxy) is 6. The molecule has 3 fully saturated rings. The van der Waals surface area contributed by atoms with Gasteiger partial charge in [-0.2, -0.15) is 0 Å². The maximum absolute atomic E-state index is 13.4. The number of carbonyl (C=O) groups excluding carboxylic acids is 1. The van der Waals surface area contributed by atoms with Crippen LogP contribution in [0.25, 0.3) is 0 Å². The number of unbranched alkanes of at least 4 members (excludes halogenated alkanes) is 18. The zero-order chi connectivity index (χ0) is 63.3. The zero-order valence-corrected chi connectivity index (χ0v) is 52.5. The monoisotopic (exact) mass is 1230 g/mol. The van der Waals surface area contributed by atoms with Crippen LogP contribution >= 0.6 is 0 Å². The van der Waals surface area contributed by atoms with E-state index in [0.29, 0.717) is 12.8 Å². The second-order valence-electron chi connectivity index (χ2n) is 23.2. The van der Waals surface area contributed by atoms with Crippen LogP contribution in [0.3, 0.4) is 0 Å². The molecule has 3 heterocycles. The van der Waals surface area contributed by atoms with Crippen molar-refractivity contribution in [1.82, 2.24) is 5.32 Å². The van der Waals surface area contributed by atoms with Crippen LogP contribution < -0.4 is 5.32 Å². The highest BCUT2D eigenvalue weighted by atomic mass is 16.8. The third-order valence-electron chi connectivity index (χ3n) is 15.8. The second kappa shape index (κ2) is 49.4. The molecule has 19 nitrogen and oxygen atoms in total. The molecule has 12 N–H and O–H groups in total. The van der Waals surface area contributed by atoms with Crippen molar-refractivity contribution in [3.63, 3.8) is 0 Å². The van der Waals surface area contributed by atoms with E-state index in [9.17, 15) is 61.0 Å². The Morgan fingerprint density at radius 2 is 0.805 bits per heavy atom. The van der Waals surface area contributed by atoms with Crippen molar-refractivity contribution < 1.29 is 89.4 Å². The van der Waals surface area contributed by atoms with E-state index in [4.69, 9.17) is 28.4 Å². The van der Waals surface area contributed by atoms with Crippen molar-refractivity contribution >= 4 is 5.91 Å². The molecule has 0 radical (unpaired) electrons. The van der Waals surface area contributed by atoms with Crippen LogP contribution in [-0.2, 0) is 33.2 Å². The Labute approximate surface area is 520 Å². The van der Waals surface area contributed by atoms with Crippen LogP contribution in [-0.4, -0.2) is 193 Å². The molecule has 1 amide bonds. The van der Waals surface area contributed by atoms with Gasteiger partial charge in [0, 0.05) is 6.42 Å². The molecule has 0 aromatic heterocycles. The molecule has 0 aliphatic carbocycles. The Balaban J connectivity index is 1.45. The van der Waals surface area contributed by atoms with Crippen molar-refractivity contribution in [2.75, 3.05) is 26.4 Å². The van der Waals surface area contributed by atoms with E-state index in [1.807, 2.05) is 6.08 Å². The highest BCUT2D eigenvalue weighted by Crippen LogP contribution is 2.33. The van der Waals surface area contributed by atoms with E-state index in [-0.39, 0.29) is 18.9 Å². The smallest absolute Gasteiger partial charge is 0.220 e. The lowest BCUT2D eigenvalue weighted by Crippen LogP contribution is -2.66. The fourth-order valence-electron chi connectivity index (χ4n) is 10.5. The fraction of sp³-hybridized carbons (Fsp3) is 0.750. The van der Waals surface area contributed by atoms with Crippen LogP contribution in [0.15, 0.2) is 97.2 Å². The first-order valence-electron chi connectivity index (χ1n) is 33.0. The first kappa shape index (κ1) is 78.0. The van der Waals surface area contributed by atoms with Gasteiger partial charge < -0.3 is 89.9 Å². The first-order valence-corrected chi connectivity index (χ1v) is 33.0. The average Bonchev–Trinajstić information content (AvgIpc) is 1.10. The Kier molecular flexibility index (Phi) is 44.3. The van der Waals surface area contributed by atoms with Gasteiger partial charge in [0.25, 0.3) is 0 Å². The Hall–Kier alpha value is -3.29. The summed E-state index contributed by atoms with van der Waals surface area (Å²) in [6, 6.07) is -1.00. The summed E-state index contributed by atoms with van der Waals surface area (Å²) in [5.74, 6) is -0.298. The largest absolute Gasteiger partial charge is 0.394 e. The van der Waals surface area contributed by atoms with Crippen LogP contribution in [0.1, 0.15) is 194 Å². The number of hydrogen-bond acceptors (Lipinski definition) is 18. The molecule has 19 heteroatoms. The molecule has 3 rings (SSSR count). The minimum Gasteiger partial charge on any atom is -0.394 e. The summed E-state index contributed by atoms with van der Waals surface area (Å²) in [5, 5.41) is 120. The molecular formula is C68H115NO18. The standard InChI is InChI=1S/C68H115NO18/c1-3-5-7-9-11-13-15-17-19-20-21-22-23-24-25-26-27-28-29-30-32-34-36-38-40-42-44-46-56(74)69-51(52(73)45-43-41-39-37-35-33-31-18-16-14-12-10-8-6-4-2)50-82-66-62(80)59(77)64(54(48-71)84-66)87-68-63(81)60(78)65(55(49-72)85-68)86-67-61(79)58(76)57(75)53(47-70)83-67/h5,7,11,13,16-19,21-22,24-25,35,37,43,45,51-55,57-68,70-73,75-81H,3-4,6,8-10,12,14-15,20,23,26-34,36,38-42,44,46-50H2,1-2H3,(H,69,74)/b7-5-,13-11-,18-16+,19-17-,22-21-,25-24-,37-35+,45-43+. The van der Waals surface area contributed by atoms with E-state index in [1.54, 1.807) is 6.08 Å². The maximum atomic E-state index is 13.4. The van der Waals surface area contributed by atoms with Crippen LogP contribution in [0.2, 0.25) is 0 Å². The summed E-state index contributed by atoms with van der Waals surface area (Å²) in [7, 11) is 0. The van der Waals surface area contributed by atoms with Crippen molar-refractivity contribution in [3.8, 4) is 0 Å². The van der Waals surface area contributed by atoms with Gasteiger partial charge in [0.2, 0.25) is 5.91 Å². The summed E-state index contributed by atoms with van der Waals surface area (Å²) in [4.78, 5) is 13.4. The molecule has 0 spiro atoms. The topological polar surface area (TPSA) is 307 Å². The number of aliphatic hydroxyl groups excluding tert-OH is 11. The highest BCUT2D eigenvalue weighted by Gasteiger charge is 2.53. The molecule has 3 aliphatic rings. The highest BCUT2D eigenvalue weighted by molar-refractivity contribution is 5.76. The lowest BCUT2D eigenvalue weighted by molar-refractivity contribution is -0.379. The lowest BCUT2D eigenvalue weighted by atomic mass is 9.96. The van der Waals surface area contributed by atoms with Gasteiger partial charge in [0.15, 0.2) is 18.9 Å². The second-order valence-corrected chi connectivity index (χ2v) is 23.2. The molecule has 17 atom stereocenters. The summed E-state index contributed by atoms with van der Waals surface area (Å²) in [6.45, 7) is 1.55. The normalized spacial score (nSPS) is 29.2. The van der Waals surface area contributed by atoms with Crippen molar-refractivity contribution in [2.45, 2.75) is 298 Å². The molecule has 500 valence electrons. The van der Waals surface area contributed by atoms with Crippen molar-refractivity contribution in [3.05, 3.63) is 97.2 Å². The molecule has 0 bridgehead atoms. The number of carbonyl (C=O) groups is 1. The zero-order valence-electron chi connectivity index (χ0n) is 52.5. The van der Waals surface area contributed by atoms with Crippen molar-refractivity contribution in [2.24, 2.45) is 0 Å². The molecule has 3 aliphatic heterocycles.